The van der Waals surface area contributed by atoms with Gasteiger partial charge in [-0.2, -0.15) is 13.2 Å². The molecule has 2 N–H and O–H groups in total. The summed E-state index contributed by atoms with van der Waals surface area (Å²) in [5.41, 5.74) is 0.438. The van der Waals surface area contributed by atoms with Crippen molar-refractivity contribution in [1.29, 1.82) is 0 Å². The van der Waals surface area contributed by atoms with E-state index in [1.165, 1.54) is 12.1 Å². The number of rotatable bonds is 6. The van der Waals surface area contributed by atoms with Gasteiger partial charge in [-0.3, -0.25) is 9.59 Å². The molecule has 1 unspecified atom stereocenters. The molecule has 0 bridgehead atoms. The summed E-state index contributed by atoms with van der Waals surface area (Å²) in [5.74, 6) is -2.16. The number of nitrogens with one attached hydrogen (secondary N) is 1. The van der Waals surface area contributed by atoms with Crippen LogP contribution in [0.5, 0.6) is 0 Å². The second-order valence-corrected chi connectivity index (χ2v) is 4.25. The number of amides is 1. The van der Waals surface area contributed by atoms with Crippen molar-refractivity contribution in [3.8, 4) is 0 Å². The first-order chi connectivity index (χ1) is 9.29. The average molecular weight is 289 g/mol. The van der Waals surface area contributed by atoms with Crippen molar-refractivity contribution >= 4 is 11.9 Å². The van der Waals surface area contributed by atoms with Crippen LogP contribution in [0.1, 0.15) is 18.4 Å². The number of carboxylic acids is 1. The first-order valence-corrected chi connectivity index (χ1v) is 5.91. The molecule has 1 aromatic rings. The monoisotopic (exact) mass is 289 g/mol. The Labute approximate surface area is 113 Å². The molecule has 20 heavy (non-hydrogen) atoms. The lowest BCUT2D eigenvalue weighted by Crippen LogP contribution is -2.46. The van der Waals surface area contributed by atoms with Gasteiger partial charge in [-0.1, -0.05) is 30.3 Å². The number of alkyl halides is 3. The second kappa shape index (κ2) is 6.93. The van der Waals surface area contributed by atoms with Gasteiger partial charge in [-0.15, -0.1) is 0 Å². The summed E-state index contributed by atoms with van der Waals surface area (Å²) in [4.78, 5) is 21.6. The Balaban J connectivity index is 2.66. The first kappa shape index (κ1) is 16.0. The van der Waals surface area contributed by atoms with Crippen molar-refractivity contribution in [3.63, 3.8) is 0 Å². The summed E-state index contributed by atoms with van der Waals surface area (Å²) in [5, 5.41) is 10.2. The van der Waals surface area contributed by atoms with E-state index in [0.717, 1.165) is 0 Å². The maximum atomic E-state index is 12.8. The highest BCUT2D eigenvalue weighted by atomic mass is 19.4. The van der Waals surface area contributed by atoms with Crippen LogP contribution in [0.15, 0.2) is 30.3 Å². The normalized spacial score (nSPS) is 12.8. The minimum absolute atomic E-state index is 0.386. The third-order valence-electron chi connectivity index (χ3n) is 2.58. The number of hydrogen-bond donors (Lipinski definition) is 2. The molecule has 0 spiro atoms. The van der Waals surface area contributed by atoms with E-state index in [1.807, 2.05) is 5.32 Å². The van der Waals surface area contributed by atoms with Crippen molar-refractivity contribution in [2.75, 3.05) is 0 Å². The number of benzene rings is 1. The highest BCUT2D eigenvalue weighted by Crippen LogP contribution is 2.23. The molecule has 1 aromatic carbocycles. The standard InChI is InChI=1S/C13H14F3NO3/c14-13(15,16)10(8-9-4-2-1-3-5-9)17-11(18)6-7-12(19)20/h1-5,10H,6-8H2,(H,17,18)(H,19,20). The smallest absolute Gasteiger partial charge is 0.408 e. The van der Waals surface area contributed by atoms with Crippen molar-refractivity contribution in [2.24, 2.45) is 0 Å². The summed E-state index contributed by atoms with van der Waals surface area (Å²) >= 11 is 0. The van der Waals surface area contributed by atoms with Gasteiger partial charge in [-0.25, -0.2) is 0 Å². The Hall–Kier alpha value is -2.05. The Morgan fingerprint density at radius 2 is 1.75 bits per heavy atom. The molecule has 0 saturated carbocycles. The van der Waals surface area contributed by atoms with Crippen LogP contribution in [-0.4, -0.2) is 29.2 Å². The highest BCUT2D eigenvalue weighted by molar-refractivity contribution is 5.80. The van der Waals surface area contributed by atoms with E-state index in [1.54, 1.807) is 18.2 Å². The van der Waals surface area contributed by atoms with Crippen molar-refractivity contribution in [1.82, 2.24) is 5.32 Å². The maximum absolute atomic E-state index is 12.8. The third kappa shape index (κ3) is 5.73. The predicted octanol–water partition coefficient (Wildman–Crippen LogP) is 2.14. The number of halogens is 3. The van der Waals surface area contributed by atoms with E-state index in [-0.39, 0.29) is 6.42 Å². The Morgan fingerprint density at radius 1 is 1.15 bits per heavy atom. The molecular weight excluding hydrogens is 275 g/mol. The van der Waals surface area contributed by atoms with Gasteiger partial charge in [0.05, 0.1) is 6.42 Å². The molecule has 0 aliphatic carbocycles. The minimum Gasteiger partial charge on any atom is -0.481 e. The average Bonchev–Trinajstić information content (AvgIpc) is 2.36. The molecule has 0 saturated heterocycles. The summed E-state index contributed by atoms with van der Waals surface area (Å²) in [6, 6.07) is 5.93. The van der Waals surface area contributed by atoms with Crippen LogP contribution in [0, 0.1) is 0 Å². The summed E-state index contributed by atoms with van der Waals surface area (Å²) in [6.07, 6.45) is -5.95. The molecule has 7 heteroatoms. The van der Waals surface area contributed by atoms with E-state index >= 15 is 0 Å². The SMILES string of the molecule is O=C(O)CCC(=O)NC(Cc1ccccc1)C(F)(F)F. The maximum Gasteiger partial charge on any atom is 0.408 e. The Morgan fingerprint density at radius 3 is 2.25 bits per heavy atom. The van der Waals surface area contributed by atoms with Crippen LogP contribution in [0.25, 0.3) is 0 Å². The van der Waals surface area contributed by atoms with Crippen LogP contribution in [0.4, 0.5) is 13.2 Å². The van der Waals surface area contributed by atoms with E-state index in [4.69, 9.17) is 5.11 Å². The molecule has 0 radical (unpaired) electrons. The molecule has 0 fully saturated rings. The Kier molecular flexibility index (Phi) is 5.54. The molecule has 0 aromatic heterocycles. The lowest BCUT2D eigenvalue weighted by Gasteiger charge is -2.21. The molecular formula is C13H14F3NO3. The van der Waals surface area contributed by atoms with E-state index in [2.05, 4.69) is 0 Å². The second-order valence-electron chi connectivity index (χ2n) is 4.25. The largest absolute Gasteiger partial charge is 0.481 e. The quantitative estimate of drug-likeness (QED) is 0.843. The molecule has 0 aliphatic rings. The van der Waals surface area contributed by atoms with Gasteiger partial charge < -0.3 is 10.4 Å². The van der Waals surface area contributed by atoms with E-state index in [0.29, 0.717) is 5.56 Å². The lowest BCUT2D eigenvalue weighted by molar-refractivity contribution is -0.161. The van der Waals surface area contributed by atoms with Crippen molar-refractivity contribution in [3.05, 3.63) is 35.9 Å². The zero-order valence-electron chi connectivity index (χ0n) is 10.5. The van der Waals surface area contributed by atoms with Crippen molar-refractivity contribution < 1.29 is 27.9 Å². The zero-order valence-corrected chi connectivity index (χ0v) is 10.5. The highest BCUT2D eigenvalue weighted by Gasteiger charge is 2.40. The number of aliphatic carboxylic acids is 1. The van der Waals surface area contributed by atoms with Gasteiger partial charge in [0.15, 0.2) is 0 Å². The molecule has 0 aliphatic heterocycles. The summed E-state index contributed by atoms with van der Waals surface area (Å²) < 4.78 is 38.5. The van der Waals surface area contributed by atoms with Gasteiger partial charge in [0.25, 0.3) is 0 Å². The third-order valence-corrected chi connectivity index (χ3v) is 2.58. The minimum atomic E-state index is -4.59. The number of hydrogen-bond acceptors (Lipinski definition) is 2. The number of carbonyl (C=O) groups is 2. The molecule has 110 valence electrons. The number of carbonyl (C=O) groups excluding carboxylic acids is 1. The fourth-order valence-electron chi connectivity index (χ4n) is 1.59. The van der Waals surface area contributed by atoms with Crippen LogP contribution in [0.3, 0.4) is 0 Å². The van der Waals surface area contributed by atoms with Gasteiger partial charge >= 0.3 is 12.1 Å². The van der Waals surface area contributed by atoms with E-state index in [9.17, 15) is 22.8 Å². The van der Waals surface area contributed by atoms with E-state index < -0.39 is 36.9 Å². The molecule has 0 heterocycles. The van der Waals surface area contributed by atoms with Crippen LogP contribution in [0.2, 0.25) is 0 Å². The summed E-state index contributed by atoms with van der Waals surface area (Å²) in [6.45, 7) is 0. The van der Waals surface area contributed by atoms with Crippen molar-refractivity contribution in [2.45, 2.75) is 31.5 Å². The van der Waals surface area contributed by atoms with Crippen LogP contribution >= 0.6 is 0 Å². The van der Waals surface area contributed by atoms with Gasteiger partial charge in [0.2, 0.25) is 5.91 Å². The van der Waals surface area contributed by atoms with Gasteiger partial charge in [0, 0.05) is 12.8 Å². The van der Waals surface area contributed by atoms with Gasteiger partial charge in [0.1, 0.15) is 6.04 Å². The molecule has 1 rings (SSSR count). The lowest BCUT2D eigenvalue weighted by atomic mass is 10.1. The first-order valence-electron chi connectivity index (χ1n) is 5.91. The molecule has 1 amide bonds. The molecule has 4 nitrogen and oxygen atoms in total. The summed E-state index contributed by atoms with van der Waals surface area (Å²) in [7, 11) is 0. The molecule has 1 atom stereocenters. The topological polar surface area (TPSA) is 66.4 Å². The fourth-order valence-corrected chi connectivity index (χ4v) is 1.59. The predicted molar refractivity (Wildman–Crippen MR) is 65.0 cm³/mol. The van der Waals surface area contributed by atoms with Gasteiger partial charge in [-0.05, 0) is 5.56 Å². The van der Waals surface area contributed by atoms with Crippen LogP contribution in [-0.2, 0) is 16.0 Å². The van der Waals surface area contributed by atoms with Crippen LogP contribution < -0.4 is 5.32 Å². The Bertz CT molecular complexity index is 460. The number of carboxylic acid groups (broad SMARTS) is 1. The zero-order chi connectivity index (χ0) is 15.2. The fraction of sp³-hybridized carbons (Fsp3) is 0.385.